The Kier molecular flexibility index (Phi) is 3.80. The van der Waals surface area contributed by atoms with Gasteiger partial charge in [-0.2, -0.15) is 0 Å². The van der Waals surface area contributed by atoms with E-state index >= 15 is 0 Å². The van der Waals surface area contributed by atoms with Gasteiger partial charge in [0.1, 0.15) is 6.26 Å². The molecule has 0 aromatic carbocycles. The Morgan fingerprint density at radius 3 is 2.42 bits per heavy atom. The topological polar surface area (TPSA) is 75.4 Å². The van der Waals surface area contributed by atoms with E-state index in [-0.39, 0.29) is 29.9 Å². The summed E-state index contributed by atoms with van der Waals surface area (Å²) in [5.41, 5.74) is 1.22. The summed E-state index contributed by atoms with van der Waals surface area (Å²) < 4.78 is 5.03. The Balaban J connectivity index is 1.43. The lowest BCUT2D eigenvalue weighted by Crippen LogP contribution is -2.52. The predicted octanol–water partition coefficient (Wildman–Crippen LogP) is 2.24. The molecule has 2 amide bonds. The van der Waals surface area contributed by atoms with Crippen molar-refractivity contribution in [3.8, 4) is 0 Å². The van der Waals surface area contributed by atoms with Crippen LogP contribution in [0, 0.1) is 0 Å². The number of furan rings is 1. The largest absolute Gasteiger partial charge is 0.472 e. The summed E-state index contributed by atoms with van der Waals surface area (Å²) in [6.45, 7) is 0. The van der Waals surface area contributed by atoms with Gasteiger partial charge in [0.25, 0.3) is 11.8 Å². The van der Waals surface area contributed by atoms with Crippen LogP contribution in [0.5, 0.6) is 0 Å². The highest BCUT2D eigenvalue weighted by atomic mass is 16.3. The van der Waals surface area contributed by atoms with Crippen molar-refractivity contribution in [2.75, 3.05) is 0 Å². The molecule has 4 rings (SSSR count). The van der Waals surface area contributed by atoms with Crippen LogP contribution in [0.4, 0.5) is 0 Å². The number of aromatic nitrogens is 1. The molecular formula is C18H19N3O3. The van der Waals surface area contributed by atoms with E-state index in [0.29, 0.717) is 11.1 Å². The van der Waals surface area contributed by atoms with Gasteiger partial charge in [0.05, 0.1) is 11.8 Å². The van der Waals surface area contributed by atoms with Gasteiger partial charge in [-0.3, -0.25) is 14.6 Å². The van der Waals surface area contributed by atoms with Gasteiger partial charge >= 0.3 is 0 Å². The lowest BCUT2D eigenvalue weighted by Gasteiger charge is -2.39. The maximum atomic E-state index is 12.6. The van der Waals surface area contributed by atoms with Crippen LogP contribution in [0.25, 0.3) is 0 Å². The monoisotopic (exact) mass is 325 g/mol. The van der Waals surface area contributed by atoms with E-state index in [4.69, 9.17) is 4.42 Å². The van der Waals surface area contributed by atoms with Crippen LogP contribution in [-0.4, -0.2) is 39.8 Å². The highest BCUT2D eigenvalue weighted by molar-refractivity contribution is 5.95. The molecule has 2 aromatic heterocycles. The van der Waals surface area contributed by atoms with E-state index in [1.165, 1.54) is 12.5 Å². The van der Waals surface area contributed by atoms with E-state index in [9.17, 15) is 9.59 Å². The highest BCUT2D eigenvalue weighted by Gasteiger charge is 2.43. The third-order valence-corrected chi connectivity index (χ3v) is 5.01. The molecule has 0 aliphatic carbocycles. The van der Waals surface area contributed by atoms with Gasteiger partial charge in [-0.25, -0.2) is 0 Å². The molecule has 2 aromatic rings. The number of amides is 2. The molecular weight excluding hydrogens is 306 g/mol. The Morgan fingerprint density at radius 2 is 1.79 bits per heavy atom. The molecule has 0 radical (unpaired) electrons. The van der Waals surface area contributed by atoms with Crippen LogP contribution in [-0.2, 0) is 0 Å². The van der Waals surface area contributed by atoms with Crippen LogP contribution in [0.2, 0.25) is 0 Å². The molecule has 2 fully saturated rings. The van der Waals surface area contributed by atoms with E-state index in [1.54, 1.807) is 30.6 Å². The van der Waals surface area contributed by atoms with Crippen molar-refractivity contribution in [3.05, 3.63) is 54.2 Å². The Labute approximate surface area is 139 Å². The number of carbonyl (C=O) groups excluding carboxylic acids is 2. The van der Waals surface area contributed by atoms with E-state index in [2.05, 4.69) is 10.3 Å². The second kappa shape index (κ2) is 6.11. The average molecular weight is 325 g/mol. The molecule has 3 atom stereocenters. The van der Waals surface area contributed by atoms with Gasteiger partial charge in [0, 0.05) is 36.1 Å². The zero-order valence-electron chi connectivity index (χ0n) is 13.2. The minimum atomic E-state index is -0.0728. The van der Waals surface area contributed by atoms with Crippen molar-refractivity contribution in [3.63, 3.8) is 0 Å². The fourth-order valence-corrected chi connectivity index (χ4v) is 3.93. The number of hydrogen-bond acceptors (Lipinski definition) is 4. The van der Waals surface area contributed by atoms with Crippen LogP contribution >= 0.6 is 0 Å². The Hall–Kier alpha value is -2.63. The minimum Gasteiger partial charge on any atom is -0.472 e. The number of pyridine rings is 1. The summed E-state index contributed by atoms with van der Waals surface area (Å²) in [6, 6.07) is 5.61. The number of rotatable bonds is 3. The molecule has 1 N–H and O–H groups in total. The van der Waals surface area contributed by atoms with Gasteiger partial charge < -0.3 is 14.6 Å². The molecule has 2 aliphatic rings. The molecule has 124 valence electrons. The summed E-state index contributed by atoms with van der Waals surface area (Å²) >= 11 is 0. The first-order valence-electron chi connectivity index (χ1n) is 8.28. The van der Waals surface area contributed by atoms with Gasteiger partial charge in [-0.05, 0) is 43.9 Å². The quantitative estimate of drug-likeness (QED) is 0.939. The van der Waals surface area contributed by atoms with Crippen molar-refractivity contribution < 1.29 is 14.0 Å². The van der Waals surface area contributed by atoms with Crippen LogP contribution in [0.15, 0.2) is 47.5 Å². The number of fused-ring (bicyclic) bond motifs is 2. The van der Waals surface area contributed by atoms with Gasteiger partial charge in [-0.15, -0.1) is 0 Å². The van der Waals surface area contributed by atoms with Crippen molar-refractivity contribution in [2.45, 2.75) is 43.8 Å². The van der Waals surface area contributed by atoms with Crippen LogP contribution in [0.1, 0.15) is 46.4 Å². The number of piperidine rings is 1. The fourth-order valence-electron chi connectivity index (χ4n) is 3.93. The molecule has 6 nitrogen and oxygen atoms in total. The summed E-state index contributed by atoms with van der Waals surface area (Å²) in [5, 5.41) is 3.11. The lowest BCUT2D eigenvalue weighted by molar-refractivity contribution is 0.0549. The van der Waals surface area contributed by atoms with Gasteiger partial charge in [0.15, 0.2) is 0 Å². The number of hydrogen-bond donors (Lipinski definition) is 1. The van der Waals surface area contributed by atoms with Crippen LogP contribution in [0.3, 0.4) is 0 Å². The third kappa shape index (κ3) is 2.68. The zero-order valence-corrected chi connectivity index (χ0v) is 13.2. The second-order valence-electron chi connectivity index (χ2n) is 6.49. The molecule has 1 unspecified atom stereocenters. The number of nitrogens with zero attached hydrogens (tertiary/aromatic N) is 2. The summed E-state index contributed by atoms with van der Waals surface area (Å²) in [6.07, 6.45) is 9.85. The number of nitrogens with one attached hydrogen (secondary N) is 1. The summed E-state index contributed by atoms with van der Waals surface area (Å²) in [5.74, 6) is -0.0356. The van der Waals surface area contributed by atoms with E-state index in [0.717, 1.165) is 25.7 Å². The van der Waals surface area contributed by atoms with Crippen molar-refractivity contribution in [1.29, 1.82) is 0 Å². The molecule has 2 saturated heterocycles. The van der Waals surface area contributed by atoms with Crippen LogP contribution < -0.4 is 5.32 Å². The van der Waals surface area contributed by atoms with Gasteiger partial charge in [-0.1, -0.05) is 0 Å². The normalized spacial score (nSPS) is 25.5. The fraction of sp³-hybridized carbons (Fsp3) is 0.389. The second-order valence-corrected chi connectivity index (χ2v) is 6.49. The van der Waals surface area contributed by atoms with Gasteiger partial charge in [0.2, 0.25) is 0 Å². The first-order valence-corrected chi connectivity index (χ1v) is 8.28. The molecule has 0 spiro atoms. The van der Waals surface area contributed by atoms with Crippen molar-refractivity contribution >= 4 is 11.8 Å². The van der Waals surface area contributed by atoms with Crippen molar-refractivity contribution in [2.24, 2.45) is 0 Å². The maximum absolute atomic E-state index is 12.6. The molecule has 6 heteroatoms. The highest BCUT2D eigenvalue weighted by Crippen LogP contribution is 2.37. The maximum Gasteiger partial charge on any atom is 0.257 e. The van der Waals surface area contributed by atoms with E-state index < -0.39 is 0 Å². The zero-order chi connectivity index (χ0) is 16.5. The molecule has 24 heavy (non-hydrogen) atoms. The molecule has 4 heterocycles. The third-order valence-electron chi connectivity index (χ3n) is 5.01. The first kappa shape index (κ1) is 14.9. The minimum absolute atomic E-state index is 0.0372. The molecule has 0 saturated carbocycles. The average Bonchev–Trinajstić information content (AvgIpc) is 3.22. The summed E-state index contributed by atoms with van der Waals surface area (Å²) in [7, 11) is 0. The summed E-state index contributed by atoms with van der Waals surface area (Å²) in [4.78, 5) is 30.9. The Morgan fingerprint density at radius 1 is 1.08 bits per heavy atom. The smallest absolute Gasteiger partial charge is 0.257 e. The Bertz CT molecular complexity index is 715. The standard InChI is InChI=1S/C18H19N3O3/c22-17(12-3-6-19-7-4-12)20-14-9-15-1-2-16(10-14)21(15)18(23)13-5-8-24-11-13/h3-8,11,14-16H,1-2,9-10H2,(H,20,22)/t14?,15-,16+. The van der Waals surface area contributed by atoms with Crippen molar-refractivity contribution in [1.82, 2.24) is 15.2 Å². The molecule has 2 aliphatic heterocycles. The predicted molar refractivity (Wildman–Crippen MR) is 86.4 cm³/mol. The lowest BCUT2D eigenvalue weighted by atomic mass is 9.96. The molecule has 2 bridgehead atoms. The first-order chi connectivity index (χ1) is 11.7. The SMILES string of the molecule is O=C(NC1C[C@H]2CC[C@@H](C1)N2C(=O)c1ccoc1)c1ccncc1. The number of carbonyl (C=O) groups is 2. The van der Waals surface area contributed by atoms with E-state index in [1.807, 2.05) is 4.90 Å².